The van der Waals surface area contributed by atoms with Gasteiger partial charge in [0.15, 0.2) is 5.69 Å². The third-order valence-electron chi connectivity index (χ3n) is 2.68. The minimum Gasteiger partial charge on any atom is -0.467 e. The smallest absolute Gasteiger partial charge is 0.434 e. The molecule has 1 heterocycles. The number of carbonyl (C=O) groups is 1. The number of halogens is 4. The van der Waals surface area contributed by atoms with Crippen LogP contribution in [0, 0.1) is 5.92 Å². The van der Waals surface area contributed by atoms with Crippen LogP contribution in [0.25, 0.3) is 0 Å². The third kappa shape index (κ3) is 4.29. The van der Waals surface area contributed by atoms with E-state index in [1.54, 1.807) is 0 Å². The van der Waals surface area contributed by atoms with E-state index in [2.05, 4.69) is 25.7 Å². The zero-order chi connectivity index (χ0) is 16.4. The molecule has 0 aliphatic carbocycles. The Balaban J connectivity index is 3.37. The van der Waals surface area contributed by atoms with E-state index >= 15 is 0 Å². The van der Waals surface area contributed by atoms with Crippen LogP contribution < -0.4 is 5.69 Å². The minimum absolute atomic E-state index is 0.0297. The largest absolute Gasteiger partial charge is 0.467 e. The summed E-state index contributed by atoms with van der Waals surface area (Å²) in [6, 6.07) is -1.02. The summed E-state index contributed by atoms with van der Waals surface area (Å²) in [6.07, 6.45) is -3.59. The van der Waals surface area contributed by atoms with Crippen molar-refractivity contribution < 1.29 is 22.7 Å². The molecule has 1 aromatic heterocycles. The number of hydrogen-bond donors (Lipinski definition) is 0. The van der Waals surface area contributed by atoms with Crippen molar-refractivity contribution in [3.63, 3.8) is 0 Å². The molecule has 0 saturated heterocycles. The zero-order valence-electron chi connectivity index (χ0n) is 11.6. The molecule has 0 aromatic carbocycles. The SMILES string of the molecule is COC(=O)[C@H](CC(C)C)n1cc(Br)c(C(F)(F)F)nc1=O. The molecule has 0 fully saturated rings. The van der Waals surface area contributed by atoms with Crippen molar-refractivity contribution in [3.8, 4) is 0 Å². The van der Waals surface area contributed by atoms with Crippen LogP contribution in [0.4, 0.5) is 13.2 Å². The maximum absolute atomic E-state index is 12.7. The van der Waals surface area contributed by atoms with Gasteiger partial charge < -0.3 is 4.74 Å². The highest BCUT2D eigenvalue weighted by molar-refractivity contribution is 9.10. The van der Waals surface area contributed by atoms with Gasteiger partial charge in [0.2, 0.25) is 0 Å². The number of ether oxygens (including phenoxy) is 1. The summed E-state index contributed by atoms with van der Waals surface area (Å²) in [5.41, 5.74) is -2.47. The molecule has 1 aromatic rings. The van der Waals surface area contributed by atoms with Crippen molar-refractivity contribution in [1.29, 1.82) is 0 Å². The maximum Gasteiger partial charge on any atom is 0.434 e. The average Bonchev–Trinajstić information content (AvgIpc) is 2.36. The van der Waals surface area contributed by atoms with Gasteiger partial charge in [0, 0.05) is 6.20 Å². The highest BCUT2D eigenvalue weighted by Crippen LogP contribution is 2.32. The molecule has 1 rings (SSSR count). The van der Waals surface area contributed by atoms with Gasteiger partial charge in [-0.3, -0.25) is 4.57 Å². The van der Waals surface area contributed by atoms with Crippen molar-refractivity contribution in [2.45, 2.75) is 32.5 Å². The zero-order valence-corrected chi connectivity index (χ0v) is 13.2. The summed E-state index contributed by atoms with van der Waals surface area (Å²) in [7, 11) is 1.15. The van der Waals surface area contributed by atoms with Crippen molar-refractivity contribution in [2.75, 3.05) is 7.11 Å². The molecule has 1 atom stereocenters. The Kier molecular flexibility index (Phi) is 5.54. The van der Waals surface area contributed by atoms with E-state index in [-0.39, 0.29) is 12.3 Å². The van der Waals surface area contributed by atoms with Crippen molar-refractivity contribution >= 4 is 21.9 Å². The monoisotopic (exact) mass is 370 g/mol. The van der Waals surface area contributed by atoms with Crippen LogP contribution in [-0.2, 0) is 15.7 Å². The maximum atomic E-state index is 12.7. The van der Waals surface area contributed by atoms with Crippen LogP contribution in [0.1, 0.15) is 32.0 Å². The quantitative estimate of drug-likeness (QED) is 0.764. The van der Waals surface area contributed by atoms with Gasteiger partial charge in [-0.25, -0.2) is 9.59 Å². The van der Waals surface area contributed by atoms with Gasteiger partial charge in [-0.2, -0.15) is 18.2 Å². The van der Waals surface area contributed by atoms with E-state index in [1.165, 1.54) is 0 Å². The molecular formula is C12H14BrF3N2O3. The topological polar surface area (TPSA) is 61.2 Å². The summed E-state index contributed by atoms with van der Waals surface area (Å²) < 4.78 is 43.0. The third-order valence-corrected chi connectivity index (χ3v) is 3.26. The summed E-state index contributed by atoms with van der Waals surface area (Å²) in [4.78, 5) is 26.6. The van der Waals surface area contributed by atoms with Crippen molar-refractivity contribution in [3.05, 3.63) is 26.8 Å². The van der Waals surface area contributed by atoms with Crippen LogP contribution in [0.3, 0.4) is 0 Å². The first-order valence-electron chi connectivity index (χ1n) is 6.01. The molecule has 0 radical (unpaired) electrons. The molecule has 0 aliphatic heterocycles. The van der Waals surface area contributed by atoms with Crippen molar-refractivity contribution in [1.82, 2.24) is 9.55 Å². The van der Waals surface area contributed by atoms with Gasteiger partial charge in [-0.15, -0.1) is 0 Å². The number of nitrogens with zero attached hydrogens (tertiary/aromatic N) is 2. The predicted octanol–water partition coefficient (Wildman–Crippen LogP) is 2.78. The molecule has 0 bridgehead atoms. The summed E-state index contributed by atoms with van der Waals surface area (Å²) in [5.74, 6) is -0.679. The molecule has 0 aliphatic rings. The minimum atomic E-state index is -4.75. The number of carbonyl (C=O) groups excluding carboxylic acids is 1. The number of alkyl halides is 3. The van der Waals surface area contributed by atoms with E-state index in [4.69, 9.17) is 0 Å². The lowest BCUT2D eigenvalue weighted by atomic mass is 10.0. The first kappa shape index (κ1) is 17.7. The normalized spacial score (nSPS) is 13.3. The Morgan fingerprint density at radius 1 is 1.48 bits per heavy atom. The fourth-order valence-corrected chi connectivity index (χ4v) is 2.31. The highest BCUT2D eigenvalue weighted by atomic mass is 79.9. The lowest BCUT2D eigenvalue weighted by molar-refractivity contribution is -0.145. The van der Waals surface area contributed by atoms with Crippen LogP contribution in [0.5, 0.6) is 0 Å². The number of aromatic nitrogens is 2. The second kappa shape index (κ2) is 6.59. The van der Waals surface area contributed by atoms with Gasteiger partial charge in [-0.05, 0) is 28.3 Å². The molecule has 5 nitrogen and oxygen atoms in total. The Morgan fingerprint density at radius 3 is 2.48 bits per heavy atom. The van der Waals surface area contributed by atoms with E-state index in [0.717, 1.165) is 17.9 Å². The molecule has 118 valence electrons. The van der Waals surface area contributed by atoms with E-state index in [0.29, 0.717) is 0 Å². The Labute approximate surface area is 127 Å². The van der Waals surface area contributed by atoms with E-state index < -0.39 is 34.0 Å². The standard InChI is InChI=1S/C12H14BrF3N2O3/c1-6(2)4-8(10(19)21-3)18-5-7(13)9(12(14,15)16)17-11(18)20/h5-6,8H,4H2,1-3H3/t8-/m0/s1. The number of methoxy groups -OCH3 is 1. The molecule has 0 saturated carbocycles. The molecule has 0 unspecified atom stereocenters. The van der Waals surface area contributed by atoms with E-state index in [9.17, 15) is 22.8 Å². The number of esters is 1. The van der Waals surface area contributed by atoms with Crippen LogP contribution in [-0.4, -0.2) is 22.6 Å². The fourth-order valence-electron chi connectivity index (χ4n) is 1.77. The van der Waals surface area contributed by atoms with Crippen LogP contribution in [0.2, 0.25) is 0 Å². The van der Waals surface area contributed by atoms with Crippen LogP contribution >= 0.6 is 15.9 Å². The summed E-state index contributed by atoms with van der Waals surface area (Å²) >= 11 is 2.73. The summed E-state index contributed by atoms with van der Waals surface area (Å²) in [6.45, 7) is 3.63. The Bertz CT molecular complexity index is 584. The first-order valence-corrected chi connectivity index (χ1v) is 6.81. The number of hydrogen-bond acceptors (Lipinski definition) is 4. The lowest BCUT2D eigenvalue weighted by Gasteiger charge is -2.20. The first-order chi connectivity index (χ1) is 9.57. The molecule has 9 heteroatoms. The second-order valence-electron chi connectivity index (χ2n) is 4.79. The molecule has 0 spiro atoms. The highest BCUT2D eigenvalue weighted by Gasteiger charge is 2.37. The van der Waals surface area contributed by atoms with E-state index in [1.807, 2.05) is 13.8 Å². The van der Waals surface area contributed by atoms with Gasteiger partial charge in [0.05, 0.1) is 11.6 Å². The van der Waals surface area contributed by atoms with Gasteiger partial charge >= 0.3 is 17.8 Å². The molecule has 21 heavy (non-hydrogen) atoms. The fraction of sp³-hybridized carbons (Fsp3) is 0.583. The predicted molar refractivity (Wildman–Crippen MR) is 71.7 cm³/mol. The van der Waals surface area contributed by atoms with Gasteiger partial charge in [-0.1, -0.05) is 13.8 Å². The Hall–Kier alpha value is -1.38. The molecular weight excluding hydrogens is 357 g/mol. The molecule has 0 amide bonds. The van der Waals surface area contributed by atoms with Crippen molar-refractivity contribution in [2.24, 2.45) is 5.92 Å². The van der Waals surface area contributed by atoms with Crippen LogP contribution in [0.15, 0.2) is 15.5 Å². The number of rotatable bonds is 4. The molecule has 0 N–H and O–H groups in total. The second-order valence-corrected chi connectivity index (χ2v) is 5.65. The van der Waals surface area contributed by atoms with Gasteiger partial charge in [0.1, 0.15) is 6.04 Å². The average molecular weight is 371 g/mol. The summed E-state index contributed by atoms with van der Waals surface area (Å²) in [5, 5.41) is 0. The van der Waals surface area contributed by atoms with Gasteiger partial charge in [0.25, 0.3) is 0 Å². The Morgan fingerprint density at radius 2 is 2.05 bits per heavy atom. The lowest BCUT2D eigenvalue weighted by Crippen LogP contribution is -2.34.